The van der Waals surface area contributed by atoms with Crippen LogP contribution in [0.3, 0.4) is 0 Å². The number of rotatable bonds is 4. The molecule has 37 heavy (non-hydrogen) atoms. The van der Waals surface area contributed by atoms with Crippen LogP contribution in [0, 0.1) is 0 Å². The summed E-state index contributed by atoms with van der Waals surface area (Å²) in [6.45, 7) is 0. The number of nitrogens with zero attached hydrogens (tertiary/aromatic N) is 3. The predicted molar refractivity (Wildman–Crippen MR) is 150 cm³/mol. The normalized spacial score (nSPS) is 13.2. The van der Waals surface area contributed by atoms with Gasteiger partial charge in [0.05, 0.1) is 0 Å². The molecule has 4 aromatic carbocycles. The second kappa shape index (κ2) is 8.99. The van der Waals surface area contributed by atoms with Gasteiger partial charge in [0.2, 0.25) is 0 Å². The molecule has 0 saturated carbocycles. The Balaban J connectivity index is 1.46. The lowest BCUT2D eigenvalue weighted by Crippen LogP contribution is -2.00. The van der Waals surface area contributed by atoms with Gasteiger partial charge in [-0.15, -0.1) is 0 Å². The van der Waals surface area contributed by atoms with Crippen LogP contribution in [0.25, 0.3) is 61.7 Å². The third kappa shape index (κ3) is 3.93. The van der Waals surface area contributed by atoms with Gasteiger partial charge in [-0.2, -0.15) is 0 Å². The molecule has 4 nitrogen and oxygen atoms in total. The second-order valence-corrected chi connectivity index (χ2v) is 9.19. The standard InChI is InChI=1S/C33H23N3O/c1-3-11-22(12-4-1)24-15-9-16-25(21-24)32-34-31(23-13-5-2-6-14-23)35-33(36-32)27-18-10-20-29-30(27)26-17-7-8-19-28(26)37-29/h1-3,5-11,13-21H,4,12H2. The maximum absolute atomic E-state index is 6.14. The van der Waals surface area contributed by atoms with Crippen LogP contribution in [0.5, 0.6) is 0 Å². The van der Waals surface area contributed by atoms with Gasteiger partial charge in [0.15, 0.2) is 17.5 Å². The minimum Gasteiger partial charge on any atom is -0.456 e. The molecule has 6 aromatic rings. The van der Waals surface area contributed by atoms with Crippen molar-refractivity contribution in [3.8, 4) is 34.2 Å². The molecular weight excluding hydrogens is 454 g/mol. The molecule has 0 atom stereocenters. The van der Waals surface area contributed by atoms with Crippen molar-refractivity contribution in [3.05, 3.63) is 121 Å². The van der Waals surface area contributed by atoms with Gasteiger partial charge in [0.25, 0.3) is 0 Å². The van der Waals surface area contributed by atoms with Crippen LogP contribution in [-0.4, -0.2) is 15.0 Å². The Kier molecular flexibility index (Phi) is 5.21. The smallest absolute Gasteiger partial charge is 0.164 e. The number of furan rings is 1. The highest BCUT2D eigenvalue weighted by Gasteiger charge is 2.18. The summed E-state index contributed by atoms with van der Waals surface area (Å²) in [6, 6.07) is 32.7. The molecule has 0 bridgehead atoms. The first-order valence-electron chi connectivity index (χ1n) is 12.5. The number of para-hydroxylation sites is 1. The minimum atomic E-state index is 0.631. The Morgan fingerprint density at radius 3 is 2.16 bits per heavy atom. The zero-order valence-electron chi connectivity index (χ0n) is 20.1. The monoisotopic (exact) mass is 477 g/mol. The summed E-state index contributed by atoms with van der Waals surface area (Å²) in [5, 5.41) is 2.07. The number of aromatic nitrogens is 3. The largest absolute Gasteiger partial charge is 0.456 e. The van der Waals surface area contributed by atoms with Crippen molar-refractivity contribution in [2.75, 3.05) is 0 Å². The fourth-order valence-electron chi connectivity index (χ4n) is 5.00. The second-order valence-electron chi connectivity index (χ2n) is 9.19. The lowest BCUT2D eigenvalue weighted by atomic mass is 9.96. The van der Waals surface area contributed by atoms with E-state index in [0.29, 0.717) is 17.5 Å². The minimum absolute atomic E-state index is 0.631. The molecule has 1 aliphatic carbocycles. The summed E-state index contributed by atoms with van der Waals surface area (Å²) in [4.78, 5) is 14.9. The van der Waals surface area contributed by atoms with Crippen molar-refractivity contribution in [1.29, 1.82) is 0 Å². The number of benzene rings is 4. The van der Waals surface area contributed by atoms with E-state index in [1.54, 1.807) is 0 Å². The van der Waals surface area contributed by atoms with Crippen molar-refractivity contribution in [1.82, 2.24) is 15.0 Å². The Morgan fingerprint density at radius 2 is 1.30 bits per heavy atom. The highest BCUT2D eigenvalue weighted by atomic mass is 16.3. The van der Waals surface area contributed by atoms with Gasteiger partial charge in [0, 0.05) is 27.5 Å². The summed E-state index contributed by atoms with van der Waals surface area (Å²) in [7, 11) is 0. The molecule has 7 rings (SSSR count). The Morgan fingerprint density at radius 1 is 0.595 bits per heavy atom. The fraction of sp³-hybridized carbons (Fsp3) is 0.0606. The first-order valence-corrected chi connectivity index (χ1v) is 12.5. The van der Waals surface area contributed by atoms with Crippen LogP contribution in [-0.2, 0) is 0 Å². The molecule has 0 saturated heterocycles. The van der Waals surface area contributed by atoms with E-state index in [-0.39, 0.29) is 0 Å². The van der Waals surface area contributed by atoms with Gasteiger partial charge in [0.1, 0.15) is 11.2 Å². The summed E-state index contributed by atoms with van der Waals surface area (Å²) in [5.41, 5.74) is 7.06. The van der Waals surface area contributed by atoms with E-state index >= 15 is 0 Å². The molecule has 0 amide bonds. The van der Waals surface area contributed by atoms with Gasteiger partial charge in [-0.05, 0) is 42.2 Å². The number of fused-ring (bicyclic) bond motifs is 3. The third-order valence-electron chi connectivity index (χ3n) is 6.82. The van der Waals surface area contributed by atoms with Gasteiger partial charge < -0.3 is 4.42 Å². The maximum atomic E-state index is 6.14. The van der Waals surface area contributed by atoms with E-state index in [9.17, 15) is 0 Å². The van der Waals surface area contributed by atoms with Crippen LogP contribution in [0.4, 0.5) is 0 Å². The first-order chi connectivity index (χ1) is 18.3. The summed E-state index contributed by atoms with van der Waals surface area (Å²) in [6.07, 6.45) is 8.63. The molecule has 0 fully saturated rings. The zero-order valence-corrected chi connectivity index (χ0v) is 20.1. The first kappa shape index (κ1) is 21.5. The Labute approximate surface area is 214 Å². The van der Waals surface area contributed by atoms with Gasteiger partial charge in [-0.3, -0.25) is 0 Å². The molecule has 2 heterocycles. The molecule has 0 radical (unpaired) electrons. The average molecular weight is 478 g/mol. The van der Waals surface area contributed by atoms with Crippen LogP contribution in [0.15, 0.2) is 120 Å². The highest BCUT2D eigenvalue weighted by molar-refractivity contribution is 6.11. The summed E-state index contributed by atoms with van der Waals surface area (Å²) < 4.78 is 6.14. The van der Waals surface area contributed by atoms with Crippen molar-refractivity contribution in [2.45, 2.75) is 12.8 Å². The van der Waals surface area contributed by atoms with Crippen molar-refractivity contribution in [2.24, 2.45) is 0 Å². The molecule has 0 unspecified atom stereocenters. The Hall–Kier alpha value is -4.83. The van der Waals surface area contributed by atoms with Crippen LogP contribution in [0.1, 0.15) is 18.4 Å². The van der Waals surface area contributed by atoms with Crippen LogP contribution >= 0.6 is 0 Å². The molecule has 4 heteroatoms. The lowest BCUT2D eigenvalue weighted by molar-refractivity contribution is 0.669. The van der Waals surface area contributed by atoms with Gasteiger partial charge >= 0.3 is 0 Å². The van der Waals surface area contributed by atoms with Gasteiger partial charge in [-0.25, -0.2) is 15.0 Å². The molecular formula is C33H23N3O. The molecule has 2 aromatic heterocycles. The maximum Gasteiger partial charge on any atom is 0.164 e. The van der Waals surface area contributed by atoms with Crippen LogP contribution < -0.4 is 0 Å². The number of allylic oxidation sites excluding steroid dienone is 4. The molecule has 0 spiro atoms. The van der Waals surface area contributed by atoms with E-state index in [4.69, 9.17) is 19.4 Å². The molecule has 0 N–H and O–H groups in total. The topological polar surface area (TPSA) is 51.8 Å². The number of hydrogen-bond acceptors (Lipinski definition) is 4. The highest BCUT2D eigenvalue weighted by Crippen LogP contribution is 2.36. The van der Waals surface area contributed by atoms with E-state index < -0.39 is 0 Å². The van der Waals surface area contributed by atoms with Crippen molar-refractivity contribution >= 4 is 27.5 Å². The fourth-order valence-corrected chi connectivity index (χ4v) is 5.00. The molecule has 0 aliphatic heterocycles. The average Bonchev–Trinajstić information content (AvgIpc) is 3.37. The third-order valence-corrected chi connectivity index (χ3v) is 6.82. The SMILES string of the molecule is C1=CCCC(c2cccc(-c3nc(-c4ccccc4)nc(-c4cccc5oc6ccccc6c45)n3)c2)=C1. The van der Waals surface area contributed by atoms with Crippen LogP contribution in [0.2, 0.25) is 0 Å². The zero-order chi connectivity index (χ0) is 24.6. The summed E-state index contributed by atoms with van der Waals surface area (Å²) in [5.74, 6) is 1.93. The number of hydrogen-bond donors (Lipinski definition) is 0. The van der Waals surface area contributed by atoms with E-state index in [1.807, 2.05) is 60.7 Å². The van der Waals surface area contributed by atoms with E-state index in [0.717, 1.165) is 51.5 Å². The van der Waals surface area contributed by atoms with Crippen molar-refractivity contribution in [3.63, 3.8) is 0 Å². The molecule has 1 aliphatic rings. The Bertz CT molecular complexity index is 1830. The lowest BCUT2D eigenvalue weighted by Gasteiger charge is -2.12. The predicted octanol–water partition coefficient (Wildman–Crippen LogP) is 8.51. The van der Waals surface area contributed by atoms with E-state index in [1.165, 1.54) is 11.1 Å². The van der Waals surface area contributed by atoms with Gasteiger partial charge in [-0.1, -0.05) is 97.1 Å². The summed E-state index contributed by atoms with van der Waals surface area (Å²) >= 11 is 0. The van der Waals surface area contributed by atoms with E-state index in [2.05, 4.69) is 54.6 Å². The quantitative estimate of drug-likeness (QED) is 0.255. The molecule has 176 valence electrons. The van der Waals surface area contributed by atoms with Crippen molar-refractivity contribution < 1.29 is 4.42 Å².